The number of halogens is 3. The van der Waals surface area contributed by atoms with Crippen molar-refractivity contribution in [3.63, 3.8) is 0 Å². The van der Waals surface area contributed by atoms with Crippen molar-refractivity contribution in [2.45, 2.75) is 32.4 Å². The highest BCUT2D eigenvalue weighted by atomic mass is 19.4. The molecule has 0 aliphatic heterocycles. The molecule has 5 heteroatoms. The predicted octanol–water partition coefficient (Wildman–Crippen LogP) is 3.51. The highest BCUT2D eigenvalue weighted by Gasteiger charge is 2.26. The molecular weight excluding hydrogens is 255 g/mol. The number of nitrogens with one attached hydrogen (secondary N) is 1. The molecule has 108 valence electrons. The summed E-state index contributed by atoms with van der Waals surface area (Å²) in [6, 6.07) is 7.59. The van der Waals surface area contributed by atoms with E-state index in [4.69, 9.17) is 4.74 Å². The Labute approximate surface area is 112 Å². The van der Waals surface area contributed by atoms with Gasteiger partial charge in [0.15, 0.2) is 0 Å². The maximum absolute atomic E-state index is 11.9. The minimum atomic E-state index is -4.18. The molecule has 0 heterocycles. The molecule has 0 saturated heterocycles. The van der Waals surface area contributed by atoms with Gasteiger partial charge in [0.05, 0.1) is 6.54 Å². The van der Waals surface area contributed by atoms with E-state index < -0.39 is 12.7 Å². The van der Waals surface area contributed by atoms with Gasteiger partial charge in [-0.25, -0.2) is 0 Å². The average Bonchev–Trinajstić information content (AvgIpc) is 2.26. The standard InChI is InChI=1S/C14H20F3NO/c1-13(2,3)11-6-4-5-7-12(11)19-9-8-18-10-14(15,16)17/h4-7,18H,8-10H2,1-3H3. The molecule has 0 amide bonds. The third-order valence-electron chi connectivity index (χ3n) is 2.56. The fourth-order valence-electron chi connectivity index (χ4n) is 1.68. The number of para-hydroxylation sites is 1. The number of hydrogen-bond donors (Lipinski definition) is 1. The smallest absolute Gasteiger partial charge is 0.401 e. The summed E-state index contributed by atoms with van der Waals surface area (Å²) < 4.78 is 41.3. The minimum absolute atomic E-state index is 0.0595. The number of rotatable bonds is 5. The van der Waals surface area contributed by atoms with E-state index in [1.54, 1.807) is 0 Å². The summed E-state index contributed by atoms with van der Waals surface area (Å²) in [5.41, 5.74) is 0.988. The van der Waals surface area contributed by atoms with Crippen LogP contribution in [0.1, 0.15) is 26.3 Å². The third-order valence-corrected chi connectivity index (χ3v) is 2.56. The molecule has 1 aromatic carbocycles. The van der Waals surface area contributed by atoms with Gasteiger partial charge in [-0.05, 0) is 17.0 Å². The summed E-state index contributed by atoms with van der Waals surface area (Å²) in [7, 11) is 0. The summed E-state index contributed by atoms with van der Waals surface area (Å²) in [5, 5.41) is 2.30. The Morgan fingerprint density at radius 2 is 1.74 bits per heavy atom. The van der Waals surface area contributed by atoms with Gasteiger partial charge in [0, 0.05) is 6.54 Å². The zero-order chi connectivity index (χ0) is 14.5. The van der Waals surface area contributed by atoms with Crippen LogP contribution in [0.15, 0.2) is 24.3 Å². The first kappa shape index (κ1) is 15.8. The summed E-state index contributed by atoms with van der Waals surface area (Å²) in [4.78, 5) is 0. The van der Waals surface area contributed by atoms with Crippen molar-refractivity contribution >= 4 is 0 Å². The Kier molecular flexibility index (Phi) is 5.23. The largest absolute Gasteiger partial charge is 0.492 e. The minimum Gasteiger partial charge on any atom is -0.492 e. The first-order chi connectivity index (χ1) is 8.70. The van der Waals surface area contributed by atoms with Gasteiger partial charge < -0.3 is 10.1 Å². The van der Waals surface area contributed by atoms with Crippen LogP contribution in [0.25, 0.3) is 0 Å². The molecule has 0 aliphatic rings. The van der Waals surface area contributed by atoms with Crippen molar-refractivity contribution < 1.29 is 17.9 Å². The van der Waals surface area contributed by atoms with E-state index in [2.05, 4.69) is 26.1 Å². The number of ether oxygens (including phenoxy) is 1. The van der Waals surface area contributed by atoms with E-state index >= 15 is 0 Å². The normalized spacial score (nSPS) is 12.5. The van der Waals surface area contributed by atoms with Gasteiger partial charge in [0.1, 0.15) is 12.4 Å². The SMILES string of the molecule is CC(C)(C)c1ccccc1OCCNCC(F)(F)F. The van der Waals surface area contributed by atoms with Gasteiger partial charge in [-0.3, -0.25) is 0 Å². The number of hydrogen-bond acceptors (Lipinski definition) is 2. The Balaban J connectivity index is 2.46. The van der Waals surface area contributed by atoms with Crippen molar-refractivity contribution in [2.24, 2.45) is 0 Å². The van der Waals surface area contributed by atoms with E-state index in [9.17, 15) is 13.2 Å². The maximum Gasteiger partial charge on any atom is 0.401 e. The van der Waals surface area contributed by atoms with Crippen LogP contribution in [0, 0.1) is 0 Å². The first-order valence-corrected chi connectivity index (χ1v) is 6.20. The molecule has 19 heavy (non-hydrogen) atoms. The zero-order valence-corrected chi connectivity index (χ0v) is 11.5. The van der Waals surface area contributed by atoms with Crippen molar-refractivity contribution in [1.82, 2.24) is 5.32 Å². The monoisotopic (exact) mass is 275 g/mol. The number of alkyl halides is 3. The summed E-state index contributed by atoms with van der Waals surface area (Å²) in [5.74, 6) is 0.726. The molecule has 0 bridgehead atoms. The summed E-state index contributed by atoms with van der Waals surface area (Å²) in [6.45, 7) is 5.59. The van der Waals surface area contributed by atoms with Crippen LogP contribution >= 0.6 is 0 Å². The summed E-state index contributed by atoms with van der Waals surface area (Å²) >= 11 is 0. The second-order valence-electron chi connectivity index (χ2n) is 5.39. The number of benzene rings is 1. The molecule has 0 fully saturated rings. The lowest BCUT2D eigenvalue weighted by Crippen LogP contribution is -2.31. The van der Waals surface area contributed by atoms with Crippen LogP contribution < -0.4 is 10.1 Å². The topological polar surface area (TPSA) is 21.3 Å². The Bertz CT molecular complexity index is 396. The zero-order valence-electron chi connectivity index (χ0n) is 11.5. The molecule has 1 rings (SSSR count). The molecule has 0 saturated carbocycles. The van der Waals surface area contributed by atoms with Gasteiger partial charge >= 0.3 is 6.18 Å². The molecule has 1 aromatic rings. The molecule has 0 atom stereocenters. The Morgan fingerprint density at radius 1 is 1.11 bits per heavy atom. The van der Waals surface area contributed by atoms with Gasteiger partial charge in [0.25, 0.3) is 0 Å². The molecule has 2 nitrogen and oxygen atoms in total. The van der Waals surface area contributed by atoms with Crippen molar-refractivity contribution in [3.05, 3.63) is 29.8 Å². The van der Waals surface area contributed by atoms with Gasteiger partial charge in [-0.1, -0.05) is 39.0 Å². The summed E-state index contributed by atoms with van der Waals surface area (Å²) in [6.07, 6.45) is -4.18. The van der Waals surface area contributed by atoms with Gasteiger partial charge in [0.2, 0.25) is 0 Å². The lowest BCUT2D eigenvalue weighted by molar-refractivity contribution is -0.124. The van der Waals surface area contributed by atoms with Crippen LogP contribution in [0.4, 0.5) is 13.2 Å². The van der Waals surface area contributed by atoms with Crippen LogP contribution in [-0.4, -0.2) is 25.9 Å². The van der Waals surface area contributed by atoms with Gasteiger partial charge in [-0.2, -0.15) is 13.2 Å². The average molecular weight is 275 g/mol. The van der Waals surface area contributed by atoms with E-state index in [0.29, 0.717) is 0 Å². The maximum atomic E-state index is 11.9. The van der Waals surface area contributed by atoms with E-state index in [-0.39, 0.29) is 18.6 Å². The first-order valence-electron chi connectivity index (χ1n) is 6.20. The van der Waals surface area contributed by atoms with Crippen molar-refractivity contribution in [3.8, 4) is 5.75 Å². The second-order valence-corrected chi connectivity index (χ2v) is 5.39. The van der Waals surface area contributed by atoms with E-state index in [0.717, 1.165) is 11.3 Å². The Hall–Kier alpha value is -1.23. The van der Waals surface area contributed by atoms with Crippen molar-refractivity contribution in [2.75, 3.05) is 19.7 Å². The second kappa shape index (κ2) is 6.28. The van der Waals surface area contributed by atoms with Crippen molar-refractivity contribution in [1.29, 1.82) is 0 Å². The fraction of sp³-hybridized carbons (Fsp3) is 0.571. The van der Waals surface area contributed by atoms with Gasteiger partial charge in [-0.15, -0.1) is 0 Å². The van der Waals surface area contributed by atoms with E-state index in [1.165, 1.54) is 0 Å². The Morgan fingerprint density at radius 3 is 2.32 bits per heavy atom. The van der Waals surface area contributed by atoms with E-state index in [1.807, 2.05) is 24.3 Å². The molecule has 1 N–H and O–H groups in total. The molecule has 0 spiro atoms. The molecule has 0 aromatic heterocycles. The molecule has 0 unspecified atom stereocenters. The molecule has 0 radical (unpaired) electrons. The van der Waals surface area contributed by atoms with Crippen LogP contribution in [0.5, 0.6) is 5.75 Å². The highest BCUT2D eigenvalue weighted by Crippen LogP contribution is 2.30. The van der Waals surface area contributed by atoms with Crippen LogP contribution in [0.2, 0.25) is 0 Å². The lowest BCUT2D eigenvalue weighted by atomic mass is 9.86. The lowest BCUT2D eigenvalue weighted by Gasteiger charge is -2.22. The molecular formula is C14H20F3NO. The molecule has 0 aliphatic carbocycles. The quantitative estimate of drug-likeness (QED) is 0.830. The van der Waals surface area contributed by atoms with Crippen LogP contribution in [0.3, 0.4) is 0 Å². The highest BCUT2D eigenvalue weighted by molar-refractivity contribution is 5.38. The predicted molar refractivity (Wildman–Crippen MR) is 69.6 cm³/mol. The third kappa shape index (κ3) is 5.96. The fourth-order valence-corrected chi connectivity index (χ4v) is 1.68. The van der Waals surface area contributed by atoms with Crippen LogP contribution in [-0.2, 0) is 5.41 Å².